The first-order valence-corrected chi connectivity index (χ1v) is 8.63. The monoisotopic (exact) mass is 351 g/mol. The Morgan fingerprint density at radius 2 is 1.92 bits per heavy atom. The van der Waals surface area contributed by atoms with Crippen molar-refractivity contribution in [2.75, 3.05) is 31.1 Å². The van der Waals surface area contributed by atoms with Crippen molar-refractivity contribution >= 4 is 16.7 Å². The molecule has 4 rings (SSSR count). The van der Waals surface area contributed by atoms with Crippen LogP contribution in [0.3, 0.4) is 0 Å². The van der Waals surface area contributed by atoms with Gasteiger partial charge in [0.05, 0.1) is 5.52 Å². The van der Waals surface area contributed by atoms with Gasteiger partial charge in [-0.1, -0.05) is 6.42 Å². The van der Waals surface area contributed by atoms with Gasteiger partial charge in [-0.15, -0.1) is 13.2 Å². The van der Waals surface area contributed by atoms with E-state index >= 15 is 0 Å². The smallest absolute Gasteiger partial charge is 0.406 e. The Balaban J connectivity index is 1.54. The molecular formula is C18H20F3N3O. The number of rotatable bonds is 2. The van der Waals surface area contributed by atoms with Crippen molar-refractivity contribution in [2.45, 2.75) is 31.7 Å². The lowest BCUT2D eigenvalue weighted by Gasteiger charge is -2.44. The van der Waals surface area contributed by atoms with Gasteiger partial charge in [0.25, 0.3) is 0 Å². The summed E-state index contributed by atoms with van der Waals surface area (Å²) in [7, 11) is 0. The third kappa shape index (κ3) is 3.66. The molecule has 0 saturated carbocycles. The third-order valence-corrected chi connectivity index (χ3v) is 5.04. The summed E-state index contributed by atoms with van der Waals surface area (Å²) in [5, 5.41) is 0.641. The Kier molecular flexibility index (Phi) is 4.19. The number of hydrogen-bond acceptors (Lipinski definition) is 4. The summed E-state index contributed by atoms with van der Waals surface area (Å²) < 4.78 is 41.0. The molecular weight excluding hydrogens is 331 g/mol. The number of aromatic nitrogens is 1. The van der Waals surface area contributed by atoms with Gasteiger partial charge in [-0.05, 0) is 49.7 Å². The minimum Gasteiger partial charge on any atom is -0.406 e. The predicted octanol–water partition coefficient (Wildman–Crippen LogP) is 3.81. The molecule has 1 aromatic heterocycles. The lowest BCUT2D eigenvalue weighted by molar-refractivity contribution is -0.274. The second-order valence-corrected chi connectivity index (χ2v) is 6.70. The molecule has 0 aliphatic carbocycles. The number of ether oxygens (including phenoxy) is 1. The number of halogens is 3. The summed E-state index contributed by atoms with van der Waals surface area (Å²) in [6.07, 6.45) is -0.891. The van der Waals surface area contributed by atoms with Crippen LogP contribution in [-0.2, 0) is 0 Å². The van der Waals surface area contributed by atoms with Crippen LogP contribution < -0.4 is 9.64 Å². The van der Waals surface area contributed by atoms with E-state index in [2.05, 4.69) is 19.5 Å². The molecule has 1 aromatic carbocycles. The first-order chi connectivity index (χ1) is 12.0. The van der Waals surface area contributed by atoms with Crippen LogP contribution in [-0.4, -0.2) is 48.5 Å². The van der Waals surface area contributed by atoms with Crippen LogP contribution in [0.15, 0.2) is 30.3 Å². The first-order valence-electron chi connectivity index (χ1n) is 8.63. The Morgan fingerprint density at radius 3 is 2.76 bits per heavy atom. The highest BCUT2D eigenvalue weighted by molar-refractivity contribution is 5.81. The lowest BCUT2D eigenvalue weighted by Crippen LogP contribution is -2.55. The van der Waals surface area contributed by atoms with E-state index in [-0.39, 0.29) is 5.75 Å². The van der Waals surface area contributed by atoms with E-state index in [4.69, 9.17) is 0 Å². The number of benzene rings is 1. The molecule has 134 valence electrons. The van der Waals surface area contributed by atoms with Gasteiger partial charge in [0.2, 0.25) is 0 Å². The highest BCUT2D eigenvalue weighted by Gasteiger charge is 2.31. The summed E-state index contributed by atoms with van der Waals surface area (Å²) in [6, 6.07) is 8.55. The average Bonchev–Trinajstić information content (AvgIpc) is 2.59. The number of pyridine rings is 1. The summed E-state index contributed by atoms with van der Waals surface area (Å²) in [5.41, 5.74) is 0.679. The number of piperazine rings is 1. The van der Waals surface area contributed by atoms with Crippen LogP contribution in [0.4, 0.5) is 19.0 Å². The van der Waals surface area contributed by atoms with Crippen molar-refractivity contribution in [3.05, 3.63) is 30.3 Å². The largest absolute Gasteiger partial charge is 0.573 e. The number of piperidine rings is 1. The molecule has 2 aromatic rings. The average molecular weight is 351 g/mol. The summed E-state index contributed by atoms with van der Waals surface area (Å²) in [4.78, 5) is 9.49. The van der Waals surface area contributed by atoms with Gasteiger partial charge in [0.1, 0.15) is 11.6 Å². The van der Waals surface area contributed by atoms with E-state index in [9.17, 15) is 13.2 Å². The normalized spacial score (nSPS) is 22.0. The van der Waals surface area contributed by atoms with Gasteiger partial charge >= 0.3 is 6.36 Å². The first kappa shape index (κ1) is 16.4. The van der Waals surface area contributed by atoms with Gasteiger partial charge in [0, 0.05) is 31.1 Å². The van der Waals surface area contributed by atoms with Gasteiger partial charge in [-0.3, -0.25) is 4.90 Å². The molecule has 0 N–H and O–H groups in total. The van der Waals surface area contributed by atoms with E-state index in [0.29, 0.717) is 16.9 Å². The molecule has 2 aliphatic rings. The molecule has 0 spiro atoms. The van der Waals surface area contributed by atoms with Crippen LogP contribution in [0.5, 0.6) is 5.75 Å². The minimum absolute atomic E-state index is 0.217. The maximum atomic E-state index is 12.3. The second-order valence-electron chi connectivity index (χ2n) is 6.70. The van der Waals surface area contributed by atoms with E-state index in [1.165, 1.54) is 37.9 Å². The van der Waals surface area contributed by atoms with Crippen LogP contribution in [0.25, 0.3) is 10.9 Å². The zero-order chi connectivity index (χ0) is 17.4. The summed E-state index contributed by atoms with van der Waals surface area (Å²) in [6.45, 7) is 4.13. The fraction of sp³-hybridized carbons (Fsp3) is 0.500. The van der Waals surface area contributed by atoms with Crippen molar-refractivity contribution in [3.8, 4) is 5.75 Å². The molecule has 2 aliphatic heterocycles. The van der Waals surface area contributed by atoms with Crippen molar-refractivity contribution in [3.63, 3.8) is 0 Å². The maximum Gasteiger partial charge on any atom is 0.573 e. The van der Waals surface area contributed by atoms with Gasteiger partial charge in [-0.25, -0.2) is 4.98 Å². The summed E-state index contributed by atoms with van der Waals surface area (Å²) in [5.74, 6) is 0.674. The Bertz CT molecular complexity index is 765. The SMILES string of the molecule is FC(F)(F)Oc1ccc2nc(N3CCN4CCCCC4C3)ccc2c1. The number of nitrogens with zero attached hydrogens (tertiary/aromatic N) is 3. The topological polar surface area (TPSA) is 28.6 Å². The number of alkyl halides is 3. The molecule has 0 amide bonds. The Labute approximate surface area is 144 Å². The molecule has 1 unspecified atom stereocenters. The quantitative estimate of drug-likeness (QED) is 0.823. The van der Waals surface area contributed by atoms with Crippen LogP contribution in [0, 0.1) is 0 Å². The molecule has 4 nitrogen and oxygen atoms in total. The summed E-state index contributed by atoms with van der Waals surface area (Å²) >= 11 is 0. The van der Waals surface area contributed by atoms with Crippen molar-refractivity contribution < 1.29 is 17.9 Å². The molecule has 7 heteroatoms. The molecule has 0 radical (unpaired) electrons. The predicted molar refractivity (Wildman–Crippen MR) is 89.9 cm³/mol. The fourth-order valence-corrected chi connectivity index (χ4v) is 3.83. The number of anilines is 1. The molecule has 2 fully saturated rings. The van der Waals surface area contributed by atoms with Crippen LogP contribution >= 0.6 is 0 Å². The van der Waals surface area contributed by atoms with Gasteiger partial charge in [0.15, 0.2) is 0 Å². The van der Waals surface area contributed by atoms with Crippen LogP contribution in [0.2, 0.25) is 0 Å². The number of fused-ring (bicyclic) bond motifs is 2. The van der Waals surface area contributed by atoms with Gasteiger partial charge in [-0.2, -0.15) is 0 Å². The zero-order valence-corrected chi connectivity index (χ0v) is 13.8. The Hall–Kier alpha value is -2.02. The van der Waals surface area contributed by atoms with E-state index in [0.717, 1.165) is 25.5 Å². The molecule has 0 bridgehead atoms. The van der Waals surface area contributed by atoms with E-state index in [1.54, 1.807) is 6.07 Å². The third-order valence-electron chi connectivity index (χ3n) is 5.04. The van der Waals surface area contributed by atoms with E-state index in [1.807, 2.05) is 12.1 Å². The van der Waals surface area contributed by atoms with Crippen molar-refractivity contribution in [1.29, 1.82) is 0 Å². The molecule has 25 heavy (non-hydrogen) atoms. The van der Waals surface area contributed by atoms with Gasteiger partial charge < -0.3 is 9.64 Å². The second kappa shape index (κ2) is 6.37. The fourth-order valence-electron chi connectivity index (χ4n) is 3.83. The highest BCUT2D eigenvalue weighted by Crippen LogP contribution is 2.28. The van der Waals surface area contributed by atoms with Crippen LogP contribution in [0.1, 0.15) is 19.3 Å². The minimum atomic E-state index is -4.68. The van der Waals surface area contributed by atoms with Crippen molar-refractivity contribution in [1.82, 2.24) is 9.88 Å². The lowest BCUT2D eigenvalue weighted by atomic mass is 9.99. The Morgan fingerprint density at radius 1 is 1.04 bits per heavy atom. The zero-order valence-electron chi connectivity index (χ0n) is 13.8. The molecule has 3 heterocycles. The standard InChI is InChI=1S/C18H20F3N3O/c19-18(20,21)25-15-5-6-16-13(11-15)4-7-17(22-16)24-10-9-23-8-2-1-3-14(23)12-24/h4-7,11,14H,1-3,8-10,12H2. The molecule has 1 atom stereocenters. The number of hydrogen-bond donors (Lipinski definition) is 0. The van der Waals surface area contributed by atoms with Crippen molar-refractivity contribution in [2.24, 2.45) is 0 Å². The molecule has 2 saturated heterocycles. The maximum absolute atomic E-state index is 12.3. The van der Waals surface area contributed by atoms with E-state index < -0.39 is 6.36 Å². The highest BCUT2D eigenvalue weighted by atomic mass is 19.4.